The number of ether oxygens (including phenoxy) is 1. The molecule has 1 heterocycles. The van der Waals surface area contributed by atoms with E-state index in [4.69, 9.17) is 10.5 Å². The number of rotatable bonds is 2. The summed E-state index contributed by atoms with van der Waals surface area (Å²) < 4.78 is 5.11. The molecule has 0 radical (unpaired) electrons. The topological polar surface area (TPSA) is 61.0 Å². The third-order valence-electron chi connectivity index (χ3n) is 2.97. The first-order valence-corrected chi connectivity index (χ1v) is 5.94. The molecule has 0 saturated carbocycles. The van der Waals surface area contributed by atoms with E-state index in [1.165, 1.54) is 5.39 Å². The highest BCUT2D eigenvalue weighted by atomic mass is 16.5. The summed E-state index contributed by atoms with van der Waals surface area (Å²) in [7, 11) is 1.56. The van der Waals surface area contributed by atoms with Crippen molar-refractivity contribution >= 4 is 16.7 Å². The van der Waals surface area contributed by atoms with E-state index < -0.39 is 0 Å². The van der Waals surface area contributed by atoms with Crippen molar-refractivity contribution in [1.82, 2.24) is 9.97 Å². The number of nitrogens with two attached hydrogens (primary N) is 1. The molecular weight excluding hydrogens is 238 g/mol. The normalized spacial score (nSPS) is 10.6. The van der Waals surface area contributed by atoms with Gasteiger partial charge in [0.25, 0.3) is 0 Å². The molecule has 4 heteroatoms. The van der Waals surface area contributed by atoms with E-state index in [1.807, 2.05) is 18.2 Å². The number of nitrogen functional groups attached to an aromatic ring is 1. The average Bonchev–Trinajstić information content (AvgIpc) is 2.46. The van der Waals surface area contributed by atoms with Crippen molar-refractivity contribution in [1.29, 1.82) is 0 Å². The minimum Gasteiger partial charge on any atom is -0.481 e. The van der Waals surface area contributed by atoms with Crippen LogP contribution in [-0.4, -0.2) is 17.1 Å². The molecule has 0 aliphatic heterocycles. The van der Waals surface area contributed by atoms with Crippen molar-refractivity contribution in [3.8, 4) is 17.1 Å². The third kappa shape index (κ3) is 2.20. The van der Waals surface area contributed by atoms with Crippen LogP contribution in [0.25, 0.3) is 22.0 Å². The molecule has 0 fully saturated rings. The summed E-state index contributed by atoms with van der Waals surface area (Å²) in [5.74, 6) is 0.679. The Bertz CT molecular complexity index is 740. The van der Waals surface area contributed by atoms with Gasteiger partial charge in [0, 0.05) is 11.6 Å². The van der Waals surface area contributed by atoms with Crippen LogP contribution in [-0.2, 0) is 0 Å². The maximum Gasteiger partial charge on any atom is 0.223 e. The van der Waals surface area contributed by atoms with Gasteiger partial charge < -0.3 is 10.5 Å². The number of anilines is 1. The number of hydrogen-bond donors (Lipinski definition) is 1. The van der Waals surface area contributed by atoms with Crippen molar-refractivity contribution in [3.63, 3.8) is 0 Å². The Morgan fingerprint density at radius 3 is 2.53 bits per heavy atom. The third-order valence-corrected chi connectivity index (χ3v) is 2.97. The molecule has 0 aliphatic rings. The summed E-state index contributed by atoms with van der Waals surface area (Å²) in [6.07, 6.45) is 0. The van der Waals surface area contributed by atoms with Crippen molar-refractivity contribution in [2.45, 2.75) is 0 Å². The molecule has 0 bridgehead atoms. The zero-order chi connectivity index (χ0) is 13.2. The highest BCUT2D eigenvalue weighted by Crippen LogP contribution is 2.25. The number of fused-ring (bicyclic) bond motifs is 1. The van der Waals surface area contributed by atoms with Crippen LogP contribution < -0.4 is 10.5 Å². The Balaban J connectivity index is 2.15. The fourth-order valence-electron chi connectivity index (χ4n) is 2.04. The number of aromatic nitrogens is 2. The molecule has 4 nitrogen and oxygen atoms in total. The summed E-state index contributed by atoms with van der Waals surface area (Å²) in [4.78, 5) is 8.23. The maximum atomic E-state index is 5.68. The van der Waals surface area contributed by atoms with Crippen LogP contribution in [0.5, 0.6) is 5.88 Å². The Kier molecular flexibility index (Phi) is 2.76. The number of benzene rings is 2. The van der Waals surface area contributed by atoms with Gasteiger partial charge in [-0.15, -0.1) is 0 Å². The lowest BCUT2D eigenvalue weighted by atomic mass is 10.1. The molecule has 1 aromatic heterocycles. The Hall–Kier alpha value is -2.62. The second-order valence-corrected chi connectivity index (χ2v) is 4.22. The molecule has 0 atom stereocenters. The fraction of sp³-hybridized carbons (Fsp3) is 0.0667. The second kappa shape index (κ2) is 4.57. The first-order chi connectivity index (χ1) is 9.26. The van der Waals surface area contributed by atoms with Crippen molar-refractivity contribution in [2.75, 3.05) is 12.8 Å². The molecule has 3 aromatic rings. The SMILES string of the molecule is COc1cc(-c2ccc3ccccc3c2)nc(N)n1. The number of hydrogen-bond acceptors (Lipinski definition) is 4. The molecular formula is C15H13N3O. The van der Waals surface area contributed by atoms with Gasteiger partial charge in [0.2, 0.25) is 11.8 Å². The number of nitrogens with zero attached hydrogens (tertiary/aromatic N) is 2. The van der Waals surface area contributed by atoms with Gasteiger partial charge >= 0.3 is 0 Å². The molecule has 94 valence electrons. The smallest absolute Gasteiger partial charge is 0.223 e. The zero-order valence-corrected chi connectivity index (χ0v) is 10.5. The Labute approximate surface area is 110 Å². The van der Waals surface area contributed by atoms with E-state index in [0.717, 1.165) is 16.6 Å². The van der Waals surface area contributed by atoms with E-state index in [2.05, 4.69) is 34.2 Å². The van der Waals surface area contributed by atoms with Crippen LogP contribution in [0.3, 0.4) is 0 Å². The van der Waals surface area contributed by atoms with E-state index in [0.29, 0.717) is 5.88 Å². The van der Waals surface area contributed by atoms with Crippen LogP contribution in [0, 0.1) is 0 Å². The van der Waals surface area contributed by atoms with Gasteiger partial charge in [-0.2, -0.15) is 4.98 Å². The van der Waals surface area contributed by atoms with E-state index in [9.17, 15) is 0 Å². The summed E-state index contributed by atoms with van der Waals surface area (Å²) in [5, 5.41) is 2.36. The molecule has 2 aromatic carbocycles. The molecule has 0 saturated heterocycles. The maximum absolute atomic E-state index is 5.68. The molecule has 19 heavy (non-hydrogen) atoms. The largest absolute Gasteiger partial charge is 0.481 e. The Morgan fingerprint density at radius 1 is 0.947 bits per heavy atom. The van der Waals surface area contributed by atoms with Crippen LogP contribution in [0.4, 0.5) is 5.95 Å². The fourth-order valence-corrected chi connectivity index (χ4v) is 2.04. The quantitative estimate of drug-likeness (QED) is 0.760. The first kappa shape index (κ1) is 11.5. The zero-order valence-electron chi connectivity index (χ0n) is 10.5. The highest BCUT2D eigenvalue weighted by molar-refractivity contribution is 5.86. The lowest BCUT2D eigenvalue weighted by molar-refractivity contribution is 0.398. The first-order valence-electron chi connectivity index (χ1n) is 5.94. The molecule has 0 amide bonds. The van der Waals surface area contributed by atoms with Crippen molar-refractivity contribution in [3.05, 3.63) is 48.5 Å². The standard InChI is InChI=1S/C15H13N3O/c1-19-14-9-13(17-15(16)18-14)12-7-6-10-4-2-3-5-11(10)8-12/h2-9H,1H3,(H2,16,17,18). The van der Waals surface area contributed by atoms with Gasteiger partial charge in [0.05, 0.1) is 12.8 Å². The average molecular weight is 251 g/mol. The van der Waals surface area contributed by atoms with Gasteiger partial charge in [-0.25, -0.2) is 4.98 Å². The summed E-state index contributed by atoms with van der Waals surface area (Å²) in [5.41, 5.74) is 7.43. The minimum atomic E-state index is 0.211. The summed E-state index contributed by atoms with van der Waals surface area (Å²) >= 11 is 0. The number of methoxy groups -OCH3 is 1. The molecule has 0 spiro atoms. The van der Waals surface area contributed by atoms with E-state index >= 15 is 0 Å². The van der Waals surface area contributed by atoms with Gasteiger partial charge in [0.1, 0.15) is 0 Å². The van der Waals surface area contributed by atoms with Gasteiger partial charge in [-0.1, -0.05) is 36.4 Å². The Morgan fingerprint density at radius 2 is 1.74 bits per heavy atom. The van der Waals surface area contributed by atoms with Gasteiger partial charge in [-0.05, 0) is 16.8 Å². The van der Waals surface area contributed by atoms with Gasteiger partial charge in [0.15, 0.2) is 0 Å². The highest BCUT2D eigenvalue weighted by Gasteiger charge is 2.05. The molecule has 0 aliphatic carbocycles. The molecule has 2 N–H and O–H groups in total. The van der Waals surface area contributed by atoms with Crippen LogP contribution in [0.2, 0.25) is 0 Å². The van der Waals surface area contributed by atoms with E-state index in [-0.39, 0.29) is 5.95 Å². The predicted molar refractivity (Wildman–Crippen MR) is 75.9 cm³/mol. The van der Waals surface area contributed by atoms with Crippen LogP contribution in [0.15, 0.2) is 48.5 Å². The lowest BCUT2D eigenvalue weighted by Gasteiger charge is -2.06. The minimum absolute atomic E-state index is 0.211. The van der Waals surface area contributed by atoms with Crippen molar-refractivity contribution in [2.24, 2.45) is 0 Å². The molecule has 3 rings (SSSR count). The predicted octanol–water partition coefficient (Wildman–Crippen LogP) is 2.89. The van der Waals surface area contributed by atoms with Crippen LogP contribution >= 0.6 is 0 Å². The monoisotopic (exact) mass is 251 g/mol. The molecule has 0 unspecified atom stereocenters. The van der Waals surface area contributed by atoms with E-state index in [1.54, 1.807) is 13.2 Å². The summed E-state index contributed by atoms with van der Waals surface area (Å²) in [6, 6.07) is 16.1. The van der Waals surface area contributed by atoms with Crippen LogP contribution in [0.1, 0.15) is 0 Å². The van der Waals surface area contributed by atoms with Crippen molar-refractivity contribution < 1.29 is 4.74 Å². The second-order valence-electron chi connectivity index (χ2n) is 4.22. The lowest BCUT2D eigenvalue weighted by Crippen LogP contribution is -1.99. The van der Waals surface area contributed by atoms with Gasteiger partial charge in [-0.3, -0.25) is 0 Å². The summed E-state index contributed by atoms with van der Waals surface area (Å²) in [6.45, 7) is 0.